The number of ether oxygens (including phenoxy) is 1. The van der Waals surface area contributed by atoms with Gasteiger partial charge in [0.25, 0.3) is 0 Å². The van der Waals surface area contributed by atoms with Gasteiger partial charge in [-0.25, -0.2) is 9.37 Å². The zero-order valence-corrected chi connectivity index (χ0v) is 12.1. The Kier molecular flexibility index (Phi) is 4.31. The average Bonchev–Trinajstić information content (AvgIpc) is 2.41. The second-order valence-electron chi connectivity index (χ2n) is 3.84. The van der Waals surface area contributed by atoms with Gasteiger partial charge in [-0.1, -0.05) is 0 Å². The van der Waals surface area contributed by atoms with Gasteiger partial charge in [0.05, 0.1) is 4.47 Å². The third-order valence-electron chi connectivity index (χ3n) is 2.33. The average molecular weight is 366 g/mol. The number of rotatable bonds is 3. The molecule has 0 atom stereocenters. The first kappa shape index (κ1) is 15.5. The monoisotopic (exact) mass is 365 g/mol. The molecule has 2 aromatic rings. The third-order valence-corrected chi connectivity index (χ3v) is 2.93. The summed E-state index contributed by atoms with van der Waals surface area (Å²) in [5.41, 5.74) is 0. The molecule has 1 aromatic heterocycles. The molecular weight excluding hydrogens is 358 g/mol. The van der Waals surface area contributed by atoms with Crippen LogP contribution < -0.4 is 10.1 Å². The highest BCUT2D eigenvalue weighted by molar-refractivity contribution is 9.10. The number of nitrogens with zero attached hydrogens (tertiary/aromatic N) is 2. The lowest BCUT2D eigenvalue weighted by Gasteiger charge is -2.11. The summed E-state index contributed by atoms with van der Waals surface area (Å²) in [5, 5.41) is 2.49. The number of benzene rings is 1. The Labute approximate surface area is 125 Å². The van der Waals surface area contributed by atoms with Crippen molar-refractivity contribution in [1.29, 1.82) is 0 Å². The SMILES string of the molecule is CNc1cc(Oc2ccc(F)c(Br)c2)nc(C(F)(F)F)n1. The number of aromatic nitrogens is 2. The molecule has 1 N–H and O–H groups in total. The molecule has 0 aliphatic heterocycles. The molecule has 0 saturated heterocycles. The van der Waals surface area contributed by atoms with Crippen molar-refractivity contribution in [3.05, 3.63) is 40.4 Å². The predicted molar refractivity (Wildman–Crippen MR) is 70.8 cm³/mol. The molecule has 21 heavy (non-hydrogen) atoms. The van der Waals surface area contributed by atoms with E-state index in [1.54, 1.807) is 0 Å². The largest absolute Gasteiger partial charge is 0.451 e. The van der Waals surface area contributed by atoms with Crippen LogP contribution in [0.1, 0.15) is 5.82 Å². The van der Waals surface area contributed by atoms with Crippen molar-refractivity contribution >= 4 is 21.7 Å². The summed E-state index contributed by atoms with van der Waals surface area (Å²) in [6, 6.07) is 4.87. The van der Waals surface area contributed by atoms with E-state index in [1.807, 2.05) is 0 Å². The second-order valence-corrected chi connectivity index (χ2v) is 4.70. The van der Waals surface area contributed by atoms with E-state index < -0.39 is 17.8 Å². The second kappa shape index (κ2) is 5.84. The number of alkyl halides is 3. The smallest absolute Gasteiger partial charge is 0.439 e. The number of hydrogen-bond donors (Lipinski definition) is 1. The summed E-state index contributed by atoms with van der Waals surface area (Å²) < 4.78 is 56.4. The maximum Gasteiger partial charge on any atom is 0.451 e. The minimum atomic E-state index is -4.70. The molecule has 0 aliphatic carbocycles. The molecule has 0 bridgehead atoms. The molecule has 112 valence electrons. The Hall–Kier alpha value is -1.90. The molecule has 2 rings (SSSR count). The molecule has 0 aliphatic rings. The van der Waals surface area contributed by atoms with E-state index in [2.05, 4.69) is 31.2 Å². The summed E-state index contributed by atoms with van der Waals surface area (Å²) >= 11 is 2.95. The molecule has 0 unspecified atom stereocenters. The molecule has 9 heteroatoms. The summed E-state index contributed by atoms with van der Waals surface area (Å²) in [5.74, 6) is -2.06. The number of halogens is 5. The van der Waals surface area contributed by atoms with Crippen LogP contribution in [-0.4, -0.2) is 17.0 Å². The Morgan fingerprint density at radius 3 is 2.48 bits per heavy atom. The van der Waals surface area contributed by atoms with Gasteiger partial charge in [-0.2, -0.15) is 18.2 Å². The Bertz CT molecular complexity index is 663. The fraction of sp³-hybridized carbons (Fsp3) is 0.167. The van der Waals surface area contributed by atoms with Gasteiger partial charge in [-0.3, -0.25) is 0 Å². The molecule has 1 aromatic carbocycles. The van der Waals surface area contributed by atoms with Crippen LogP contribution >= 0.6 is 15.9 Å². The summed E-state index contributed by atoms with van der Waals surface area (Å²) in [6.07, 6.45) is -4.70. The van der Waals surface area contributed by atoms with Crippen LogP contribution in [0.5, 0.6) is 11.6 Å². The van der Waals surface area contributed by atoms with Crippen molar-refractivity contribution in [2.24, 2.45) is 0 Å². The van der Waals surface area contributed by atoms with Crippen LogP contribution in [-0.2, 0) is 6.18 Å². The van der Waals surface area contributed by atoms with Crippen LogP contribution in [0.4, 0.5) is 23.4 Å². The maximum absolute atomic E-state index is 13.1. The lowest BCUT2D eigenvalue weighted by atomic mass is 10.3. The minimum absolute atomic E-state index is 0.0477. The zero-order chi connectivity index (χ0) is 15.6. The number of hydrogen-bond acceptors (Lipinski definition) is 4. The van der Waals surface area contributed by atoms with E-state index in [9.17, 15) is 17.6 Å². The van der Waals surface area contributed by atoms with Crippen LogP contribution in [0.2, 0.25) is 0 Å². The van der Waals surface area contributed by atoms with Crippen LogP contribution in [0.25, 0.3) is 0 Å². The van der Waals surface area contributed by atoms with Crippen molar-refractivity contribution < 1.29 is 22.3 Å². The first-order valence-electron chi connectivity index (χ1n) is 5.56. The molecular formula is C12H8BrF4N3O. The van der Waals surface area contributed by atoms with Crippen molar-refractivity contribution in [3.63, 3.8) is 0 Å². The fourth-order valence-corrected chi connectivity index (χ4v) is 1.75. The van der Waals surface area contributed by atoms with Gasteiger partial charge in [0.2, 0.25) is 11.7 Å². The molecule has 0 saturated carbocycles. The topological polar surface area (TPSA) is 47.0 Å². The van der Waals surface area contributed by atoms with Gasteiger partial charge < -0.3 is 10.1 Å². The van der Waals surface area contributed by atoms with Gasteiger partial charge >= 0.3 is 6.18 Å². The molecule has 1 heterocycles. The summed E-state index contributed by atoms with van der Waals surface area (Å²) in [7, 11) is 1.42. The van der Waals surface area contributed by atoms with Crippen LogP contribution in [0.15, 0.2) is 28.7 Å². The molecule has 0 spiro atoms. The highest BCUT2D eigenvalue weighted by Crippen LogP contribution is 2.31. The quantitative estimate of drug-likeness (QED) is 0.826. The summed E-state index contributed by atoms with van der Waals surface area (Å²) in [6.45, 7) is 0. The Morgan fingerprint density at radius 1 is 1.19 bits per heavy atom. The standard InChI is InChI=1S/C12H8BrF4N3O/c1-18-9-5-10(20-11(19-9)12(15,16)17)21-6-2-3-8(14)7(13)4-6/h2-5H,1H3,(H,18,19,20). The lowest BCUT2D eigenvalue weighted by Crippen LogP contribution is -2.12. The number of anilines is 1. The van der Waals surface area contributed by atoms with Gasteiger partial charge in [0.1, 0.15) is 17.4 Å². The predicted octanol–water partition coefficient (Wildman–Crippen LogP) is 4.23. The Morgan fingerprint density at radius 2 is 1.90 bits per heavy atom. The van der Waals surface area contributed by atoms with Crippen molar-refractivity contribution in [1.82, 2.24) is 9.97 Å². The van der Waals surface area contributed by atoms with Crippen molar-refractivity contribution in [3.8, 4) is 11.6 Å². The van der Waals surface area contributed by atoms with E-state index in [0.717, 1.165) is 6.07 Å². The highest BCUT2D eigenvalue weighted by Gasteiger charge is 2.35. The van der Waals surface area contributed by atoms with E-state index in [-0.39, 0.29) is 21.9 Å². The molecule has 0 amide bonds. The first-order valence-corrected chi connectivity index (χ1v) is 6.36. The molecule has 4 nitrogen and oxygen atoms in total. The Balaban J connectivity index is 2.36. The van der Waals surface area contributed by atoms with E-state index >= 15 is 0 Å². The van der Waals surface area contributed by atoms with Gasteiger partial charge in [-0.05, 0) is 34.1 Å². The van der Waals surface area contributed by atoms with E-state index in [0.29, 0.717) is 0 Å². The van der Waals surface area contributed by atoms with Crippen LogP contribution in [0, 0.1) is 5.82 Å². The van der Waals surface area contributed by atoms with Crippen LogP contribution in [0.3, 0.4) is 0 Å². The van der Waals surface area contributed by atoms with Crippen molar-refractivity contribution in [2.75, 3.05) is 12.4 Å². The van der Waals surface area contributed by atoms with Gasteiger partial charge in [-0.15, -0.1) is 0 Å². The molecule has 0 radical (unpaired) electrons. The normalized spacial score (nSPS) is 11.3. The number of nitrogens with one attached hydrogen (secondary N) is 1. The molecule has 0 fully saturated rings. The zero-order valence-electron chi connectivity index (χ0n) is 10.5. The van der Waals surface area contributed by atoms with Gasteiger partial charge in [0.15, 0.2) is 0 Å². The minimum Gasteiger partial charge on any atom is -0.439 e. The third kappa shape index (κ3) is 3.81. The maximum atomic E-state index is 13.1. The lowest BCUT2D eigenvalue weighted by molar-refractivity contribution is -0.145. The van der Waals surface area contributed by atoms with Gasteiger partial charge in [0, 0.05) is 13.1 Å². The highest BCUT2D eigenvalue weighted by atomic mass is 79.9. The first-order chi connectivity index (χ1) is 9.79. The summed E-state index contributed by atoms with van der Waals surface area (Å²) in [4.78, 5) is 6.59. The fourth-order valence-electron chi connectivity index (χ4n) is 1.39. The van der Waals surface area contributed by atoms with E-state index in [4.69, 9.17) is 4.74 Å². The van der Waals surface area contributed by atoms with E-state index in [1.165, 1.54) is 25.2 Å². The van der Waals surface area contributed by atoms with Crippen molar-refractivity contribution in [2.45, 2.75) is 6.18 Å².